The summed E-state index contributed by atoms with van der Waals surface area (Å²) in [6, 6.07) is 17.2. The van der Waals surface area contributed by atoms with Crippen LogP contribution in [0.25, 0.3) is 10.9 Å². The van der Waals surface area contributed by atoms with Crippen LogP contribution in [0.4, 0.5) is 5.82 Å². The number of hydrogen-bond donors (Lipinski definition) is 2. The molecule has 5 heteroatoms. The quantitative estimate of drug-likeness (QED) is 0.630. The third-order valence-corrected chi connectivity index (χ3v) is 5.79. The minimum absolute atomic E-state index is 0.239. The third-order valence-electron chi connectivity index (χ3n) is 5.79. The number of aromatic nitrogens is 2. The molecule has 0 saturated carbocycles. The minimum atomic E-state index is 0.239. The Morgan fingerprint density at radius 3 is 2.72 bits per heavy atom. The van der Waals surface area contributed by atoms with Gasteiger partial charge < -0.3 is 10.4 Å². The first-order valence-corrected chi connectivity index (χ1v) is 10.6. The molecule has 1 atom stereocenters. The van der Waals surface area contributed by atoms with Gasteiger partial charge in [0.1, 0.15) is 11.6 Å². The van der Waals surface area contributed by atoms with Crippen LogP contribution in [0.1, 0.15) is 42.6 Å². The van der Waals surface area contributed by atoms with Gasteiger partial charge in [0, 0.05) is 24.6 Å². The van der Waals surface area contributed by atoms with Crippen LogP contribution in [0.2, 0.25) is 0 Å². The summed E-state index contributed by atoms with van der Waals surface area (Å²) in [6.07, 6.45) is 4.41. The second kappa shape index (κ2) is 9.33. The molecule has 152 valence electrons. The van der Waals surface area contributed by atoms with Crippen LogP contribution in [0.5, 0.6) is 0 Å². The number of para-hydroxylation sites is 1. The molecule has 1 fully saturated rings. The molecule has 0 aliphatic carbocycles. The highest BCUT2D eigenvalue weighted by molar-refractivity contribution is 5.88. The largest absolute Gasteiger partial charge is 0.396 e. The Bertz CT molecular complexity index is 939. The normalized spacial score (nSPS) is 17.5. The maximum Gasteiger partial charge on any atom is 0.145 e. The molecule has 5 nitrogen and oxygen atoms in total. The Morgan fingerprint density at radius 2 is 1.90 bits per heavy atom. The lowest BCUT2D eigenvalue weighted by atomic mass is 9.99. The fraction of sp³-hybridized carbons (Fsp3) is 0.417. The van der Waals surface area contributed by atoms with E-state index in [1.807, 2.05) is 12.1 Å². The van der Waals surface area contributed by atoms with Crippen LogP contribution < -0.4 is 5.32 Å². The zero-order valence-electron chi connectivity index (χ0n) is 17.1. The first kappa shape index (κ1) is 19.8. The van der Waals surface area contributed by atoms with Gasteiger partial charge in [-0.25, -0.2) is 9.97 Å². The monoisotopic (exact) mass is 390 g/mol. The van der Waals surface area contributed by atoms with Crippen molar-refractivity contribution in [2.24, 2.45) is 0 Å². The number of nitrogens with one attached hydrogen (secondary N) is 1. The summed E-state index contributed by atoms with van der Waals surface area (Å²) in [5.74, 6) is 1.74. The zero-order chi connectivity index (χ0) is 20.1. The van der Waals surface area contributed by atoms with E-state index < -0.39 is 0 Å². The number of fused-ring (bicyclic) bond motifs is 1. The van der Waals surface area contributed by atoms with Crippen LogP contribution in [0, 0.1) is 6.92 Å². The van der Waals surface area contributed by atoms with Crippen molar-refractivity contribution in [3.8, 4) is 0 Å². The molecule has 2 aromatic carbocycles. The van der Waals surface area contributed by atoms with E-state index in [4.69, 9.17) is 9.97 Å². The Kier molecular flexibility index (Phi) is 6.37. The van der Waals surface area contributed by atoms with Crippen molar-refractivity contribution in [2.45, 2.75) is 51.7 Å². The Hall–Kier alpha value is -2.50. The van der Waals surface area contributed by atoms with Crippen molar-refractivity contribution in [3.05, 3.63) is 65.5 Å². The number of rotatable bonds is 7. The standard InChI is InChI=1S/C24H30N4O/c1-18-9-11-19(12-10-18)16-25-24-21-7-2-3-8-22(21)26-23(27-24)17-28-14-5-4-6-20(28)13-15-29/h2-3,7-12,20,29H,4-6,13-17H2,1H3,(H,25,26,27). The van der Waals surface area contributed by atoms with Crippen molar-refractivity contribution >= 4 is 16.7 Å². The number of likely N-dealkylation sites (tertiary alicyclic amines) is 1. The number of aliphatic hydroxyl groups is 1. The zero-order valence-corrected chi connectivity index (χ0v) is 17.1. The fourth-order valence-corrected chi connectivity index (χ4v) is 4.15. The highest BCUT2D eigenvalue weighted by Gasteiger charge is 2.23. The van der Waals surface area contributed by atoms with Gasteiger partial charge in [0.2, 0.25) is 0 Å². The first-order valence-electron chi connectivity index (χ1n) is 10.6. The Morgan fingerprint density at radius 1 is 1.07 bits per heavy atom. The van der Waals surface area contributed by atoms with E-state index in [1.54, 1.807) is 0 Å². The number of piperidine rings is 1. The summed E-state index contributed by atoms with van der Waals surface area (Å²) in [5.41, 5.74) is 3.47. The topological polar surface area (TPSA) is 61.3 Å². The third kappa shape index (κ3) is 4.92. The lowest BCUT2D eigenvalue weighted by Gasteiger charge is -2.35. The SMILES string of the molecule is Cc1ccc(CNc2nc(CN3CCCCC3CCO)nc3ccccc23)cc1. The van der Waals surface area contributed by atoms with E-state index in [0.717, 1.165) is 55.0 Å². The van der Waals surface area contributed by atoms with Crippen LogP contribution >= 0.6 is 0 Å². The maximum atomic E-state index is 9.42. The molecular formula is C24H30N4O. The summed E-state index contributed by atoms with van der Waals surface area (Å²) >= 11 is 0. The van der Waals surface area contributed by atoms with Gasteiger partial charge >= 0.3 is 0 Å². The van der Waals surface area contributed by atoms with E-state index in [9.17, 15) is 5.11 Å². The highest BCUT2D eigenvalue weighted by atomic mass is 16.3. The van der Waals surface area contributed by atoms with Gasteiger partial charge in [-0.05, 0) is 50.4 Å². The number of anilines is 1. The van der Waals surface area contributed by atoms with Gasteiger partial charge in [-0.2, -0.15) is 0 Å². The molecule has 1 aliphatic heterocycles. The van der Waals surface area contributed by atoms with Crippen molar-refractivity contribution < 1.29 is 5.11 Å². The average molecular weight is 391 g/mol. The maximum absolute atomic E-state index is 9.42. The molecule has 2 heterocycles. The average Bonchev–Trinajstić information content (AvgIpc) is 2.75. The van der Waals surface area contributed by atoms with Gasteiger partial charge in [-0.3, -0.25) is 4.90 Å². The summed E-state index contributed by atoms with van der Waals surface area (Å²) in [4.78, 5) is 12.2. The Labute approximate surface area is 172 Å². The van der Waals surface area contributed by atoms with Gasteiger partial charge in [-0.15, -0.1) is 0 Å². The molecule has 1 saturated heterocycles. The van der Waals surface area contributed by atoms with Crippen LogP contribution in [-0.4, -0.2) is 39.2 Å². The molecule has 29 heavy (non-hydrogen) atoms. The van der Waals surface area contributed by atoms with E-state index >= 15 is 0 Å². The van der Waals surface area contributed by atoms with Crippen molar-refractivity contribution in [1.82, 2.24) is 14.9 Å². The smallest absolute Gasteiger partial charge is 0.145 e. The predicted octanol–water partition coefficient (Wildman–Crippen LogP) is 4.29. The van der Waals surface area contributed by atoms with E-state index in [-0.39, 0.29) is 6.61 Å². The molecule has 0 amide bonds. The Balaban J connectivity index is 1.57. The van der Waals surface area contributed by atoms with Crippen molar-refractivity contribution in [3.63, 3.8) is 0 Å². The molecule has 0 radical (unpaired) electrons. The molecule has 0 spiro atoms. The molecular weight excluding hydrogens is 360 g/mol. The van der Waals surface area contributed by atoms with Crippen molar-refractivity contribution in [2.75, 3.05) is 18.5 Å². The number of hydrogen-bond acceptors (Lipinski definition) is 5. The molecule has 1 aliphatic rings. The predicted molar refractivity (Wildman–Crippen MR) is 118 cm³/mol. The first-order chi connectivity index (χ1) is 14.2. The lowest BCUT2D eigenvalue weighted by molar-refractivity contribution is 0.110. The number of benzene rings is 2. The lowest BCUT2D eigenvalue weighted by Crippen LogP contribution is -2.39. The molecule has 1 aromatic heterocycles. The summed E-state index contributed by atoms with van der Waals surface area (Å²) < 4.78 is 0. The van der Waals surface area contributed by atoms with Gasteiger partial charge in [0.05, 0.1) is 12.1 Å². The van der Waals surface area contributed by atoms with Gasteiger partial charge in [0.25, 0.3) is 0 Å². The number of aliphatic hydroxyl groups excluding tert-OH is 1. The van der Waals surface area contributed by atoms with Gasteiger partial charge in [-0.1, -0.05) is 48.4 Å². The second-order valence-corrected chi connectivity index (χ2v) is 7.98. The second-order valence-electron chi connectivity index (χ2n) is 7.98. The summed E-state index contributed by atoms with van der Waals surface area (Å²) in [5, 5.41) is 14.0. The fourth-order valence-electron chi connectivity index (χ4n) is 4.15. The molecule has 0 bridgehead atoms. The van der Waals surface area contributed by atoms with Gasteiger partial charge in [0.15, 0.2) is 0 Å². The summed E-state index contributed by atoms with van der Waals surface area (Å²) in [6.45, 7) is 4.86. The van der Waals surface area contributed by atoms with Crippen molar-refractivity contribution in [1.29, 1.82) is 0 Å². The van der Waals surface area contributed by atoms with Crippen LogP contribution in [-0.2, 0) is 13.1 Å². The summed E-state index contributed by atoms with van der Waals surface area (Å²) in [7, 11) is 0. The van der Waals surface area contributed by atoms with Crippen LogP contribution in [0.15, 0.2) is 48.5 Å². The van der Waals surface area contributed by atoms with E-state index in [0.29, 0.717) is 6.04 Å². The van der Waals surface area contributed by atoms with E-state index in [1.165, 1.54) is 24.0 Å². The molecule has 1 unspecified atom stereocenters. The van der Waals surface area contributed by atoms with E-state index in [2.05, 4.69) is 53.5 Å². The minimum Gasteiger partial charge on any atom is -0.396 e. The molecule has 3 aromatic rings. The number of nitrogens with zero attached hydrogens (tertiary/aromatic N) is 3. The molecule has 2 N–H and O–H groups in total. The highest BCUT2D eigenvalue weighted by Crippen LogP contribution is 2.24. The number of aryl methyl sites for hydroxylation is 1. The molecule has 4 rings (SSSR count). The van der Waals surface area contributed by atoms with Crippen LogP contribution in [0.3, 0.4) is 0 Å².